The maximum absolute atomic E-state index is 11.5. The van der Waals surface area contributed by atoms with E-state index in [9.17, 15) is 9.59 Å². The minimum absolute atomic E-state index is 0.0759. The number of carbonyl (C=O) groups excluding carboxylic acids is 2. The number of benzene rings is 1. The molecule has 3 heteroatoms. The predicted octanol–water partition coefficient (Wildman–Crippen LogP) is 3.25. The highest BCUT2D eigenvalue weighted by atomic mass is 16.5. The fourth-order valence-electron chi connectivity index (χ4n) is 1.82. The van der Waals surface area contributed by atoms with Gasteiger partial charge < -0.3 is 9.53 Å². The number of Topliss-reactive ketones (excluding diaryl/α,β-unsaturated/α-hetero) is 1. The van der Waals surface area contributed by atoms with Crippen molar-refractivity contribution in [3.05, 3.63) is 42.0 Å². The molecule has 1 aromatic rings. The summed E-state index contributed by atoms with van der Waals surface area (Å²) in [4.78, 5) is 22.7. The first kappa shape index (κ1) is 15.2. The van der Waals surface area contributed by atoms with Crippen molar-refractivity contribution in [3.8, 4) is 0 Å². The monoisotopic (exact) mass is 260 g/mol. The first-order valence-corrected chi connectivity index (χ1v) is 6.50. The summed E-state index contributed by atoms with van der Waals surface area (Å²) in [6, 6.07) is 9.80. The molecule has 102 valence electrons. The number of esters is 1. The number of hydrogen-bond acceptors (Lipinski definition) is 3. The van der Waals surface area contributed by atoms with Gasteiger partial charge in [0.05, 0.1) is 13.0 Å². The van der Waals surface area contributed by atoms with Gasteiger partial charge >= 0.3 is 5.97 Å². The fourth-order valence-corrected chi connectivity index (χ4v) is 1.82. The van der Waals surface area contributed by atoms with Gasteiger partial charge in [0.2, 0.25) is 0 Å². The Morgan fingerprint density at radius 1 is 1.21 bits per heavy atom. The van der Waals surface area contributed by atoms with Crippen molar-refractivity contribution in [1.29, 1.82) is 0 Å². The average Bonchev–Trinajstić information content (AvgIpc) is 2.37. The Morgan fingerprint density at radius 2 is 1.89 bits per heavy atom. The minimum atomic E-state index is -0.258. The Kier molecular flexibility index (Phi) is 6.58. The van der Waals surface area contributed by atoms with Crippen LogP contribution in [0.2, 0.25) is 0 Å². The highest BCUT2D eigenvalue weighted by molar-refractivity contribution is 5.77. The van der Waals surface area contributed by atoms with Crippen LogP contribution in [0.5, 0.6) is 0 Å². The van der Waals surface area contributed by atoms with Gasteiger partial charge in [-0.25, -0.2) is 0 Å². The van der Waals surface area contributed by atoms with Crippen LogP contribution in [0.4, 0.5) is 0 Å². The standard InChI is InChI=1S/C16H20O3/c1-3-19-16(18)12-15(11-13(2)17)10-9-14-7-5-4-6-8-14/h4-10,15H,3,11-12H2,1-2H3/b10-9+. The maximum Gasteiger partial charge on any atom is 0.306 e. The molecular formula is C16H20O3. The smallest absolute Gasteiger partial charge is 0.306 e. The Bertz CT molecular complexity index is 435. The van der Waals surface area contributed by atoms with Gasteiger partial charge in [0.1, 0.15) is 5.78 Å². The lowest BCUT2D eigenvalue weighted by atomic mass is 9.98. The summed E-state index contributed by atoms with van der Waals surface area (Å²) in [5, 5.41) is 0. The van der Waals surface area contributed by atoms with Crippen LogP contribution in [-0.2, 0) is 14.3 Å². The van der Waals surface area contributed by atoms with Crippen LogP contribution < -0.4 is 0 Å². The van der Waals surface area contributed by atoms with E-state index in [1.165, 1.54) is 6.92 Å². The highest BCUT2D eigenvalue weighted by Gasteiger charge is 2.13. The van der Waals surface area contributed by atoms with Crippen LogP contribution in [0.15, 0.2) is 36.4 Å². The molecule has 0 spiro atoms. The second-order valence-corrected chi connectivity index (χ2v) is 4.45. The number of rotatable bonds is 7. The maximum atomic E-state index is 11.5. The number of ether oxygens (including phenoxy) is 1. The highest BCUT2D eigenvalue weighted by Crippen LogP contribution is 2.14. The summed E-state index contributed by atoms with van der Waals surface area (Å²) in [7, 11) is 0. The summed E-state index contributed by atoms with van der Waals surface area (Å²) >= 11 is 0. The predicted molar refractivity (Wildman–Crippen MR) is 75.5 cm³/mol. The third-order valence-electron chi connectivity index (χ3n) is 2.64. The van der Waals surface area contributed by atoms with Crippen LogP contribution in [0.25, 0.3) is 6.08 Å². The van der Waals surface area contributed by atoms with Gasteiger partial charge in [-0.2, -0.15) is 0 Å². The Balaban J connectivity index is 2.66. The second-order valence-electron chi connectivity index (χ2n) is 4.45. The molecule has 0 saturated carbocycles. The largest absolute Gasteiger partial charge is 0.466 e. The molecule has 19 heavy (non-hydrogen) atoms. The molecule has 0 aromatic heterocycles. The molecule has 1 unspecified atom stereocenters. The second kappa shape index (κ2) is 8.25. The first-order chi connectivity index (χ1) is 9.11. The molecular weight excluding hydrogens is 240 g/mol. The lowest BCUT2D eigenvalue weighted by Gasteiger charge is -2.10. The zero-order chi connectivity index (χ0) is 14.1. The van der Waals surface area contributed by atoms with Crippen LogP contribution in [0.3, 0.4) is 0 Å². The molecule has 0 bridgehead atoms. The van der Waals surface area contributed by atoms with E-state index in [1.54, 1.807) is 6.92 Å². The zero-order valence-electron chi connectivity index (χ0n) is 11.5. The molecule has 0 radical (unpaired) electrons. The molecule has 0 N–H and O–H groups in total. The average molecular weight is 260 g/mol. The van der Waals surface area contributed by atoms with Crippen molar-refractivity contribution in [2.75, 3.05) is 6.61 Å². The molecule has 0 aliphatic rings. The van der Waals surface area contributed by atoms with Crippen LogP contribution >= 0.6 is 0 Å². The molecule has 0 aliphatic carbocycles. The van der Waals surface area contributed by atoms with Crippen molar-refractivity contribution < 1.29 is 14.3 Å². The van der Waals surface area contributed by atoms with Crippen LogP contribution in [-0.4, -0.2) is 18.4 Å². The Labute approximate surface area is 114 Å². The summed E-state index contributed by atoms with van der Waals surface area (Å²) in [5.74, 6) is -0.282. The third-order valence-corrected chi connectivity index (χ3v) is 2.64. The van der Waals surface area contributed by atoms with Gasteiger partial charge in [0, 0.05) is 6.42 Å². The quantitative estimate of drug-likeness (QED) is 0.707. The van der Waals surface area contributed by atoms with E-state index in [4.69, 9.17) is 4.74 Å². The number of hydrogen-bond donors (Lipinski definition) is 0. The van der Waals surface area contributed by atoms with E-state index in [-0.39, 0.29) is 24.1 Å². The first-order valence-electron chi connectivity index (χ1n) is 6.50. The SMILES string of the molecule is CCOC(=O)CC(/C=C/c1ccccc1)CC(C)=O. The van der Waals surface area contributed by atoms with Gasteiger partial charge in [0.15, 0.2) is 0 Å². The van der Waals surface area contributed by atoms with E-state index < -0.39 is 0 Å². The fraction of sp³-hybridized carbons (Fsp3) is 0.375. The molecule has 0 amide bonds. The van der Waals surface area contributed by atoms with Crippen LogP contribution in [0, 0.1) is 5.92 Å². The van der Waals surface area contributed by atoms with E-state index in [2.05, 4.69) is 0 Å². The van der Waals surface area contributed by atoms with Gasteiger partial charge in [-0.1, -0.05) is 42.5 Å². The van der Waals surface area contributed by atoms with Crippen molar-refractivity contribution in [3.63, 3.8) is 0 Å². The van der Waals surface area contributed by atoms with Crippen molar-refractivity contribution in [1.82, 2.24) is 0 Å². The molecule has 3 nitrogen and oxygen atoms in total. The lowest BCUT2D eigenvalue weighted by molar-refractivity contribution is -0.143. The summed E-state index contributed by atoms with van der Waals surface area (Å²) in [5.41, 5.74) is 1.06. The van der Waals surface area contributed by atoms with Crippen molar-refractivity contribution in [2.45, 2.75) is 26.7 Å². The Hall–Kier alpha value is -1.90. The summed E-state index contributed by atoms with van der Waals surface area (Å²) < 4.78 is 4.92. The lowest BCUT2D eigenvalue weighted by Crippen LogP contribution is -2.12. The molecule has 1 atom stereocenters. The van der Waals surface area contributed by atoms with E-state index in [0.717, 1.165) is 5.56 Å². The summed E-state index contributed by atoms with van der Waals surface area (Å²) in [6.45, 7) is 3.68. The van der Waals surface area contributed by atoms with Gasteiger partial charge in [-0.15, -0.1) is 0 Å². The normalized spacial score (nSPS) is 12.3. The van der Waals surface area contributed by atoms with Crippen molar-refractivity contribution >= 4 is 17.8 Å². The number of allylic oxidation sites excluding steroid dienone is 1. The number of carbonyl (C=O) groups is 2. The van der Waals surface area contributed by atoms with Gasteiger partial charge in [0.25, 0.3) is 0 Å². The molecule has 0 fully saturated rings. The molecule has 0 aliphatic heterocycles. The van der Waals surface area contributed by atoms with Crippen molar-refractivity contribution in [2.24, 2.45) is 5.92 Å². The molecule has 1 rings (SSSR count). The minimum Gasteiger partial charge on any atom is -0.466 e. The Morgan fingerprint density at radius 3 is 2.47 bits per heavy atom. The molecule has 1 aromatic carbocycles. The summed E-state index contributed by atoms with van der Waals surface area (Å²) in [6.07, 6.45) is 4.46. The van der Waals surface area contributed by atoms with Gasteiger partial charge in [-0.3, -0.25) is 4.79 Å². The topological polar surface area (TPSA) is 43.4 Å². The van der Waals surface area contributed by atoms with Crippen LogP contribution in [0.1, 0.15) is 32.3 Å². The van der Waals surface area contributed by atoms with E-state index in [1.807, 2.05) is 42.5 Å². The third kappa shape index (κ3) is 6.55. The zero-order valence-corrected chi connectivity index (χ0v) is 11.5. The molecule has 0 saturated heterocycles. The van der Waals surface area contributed by atoms with E-state index in [0.29, 0.717) is 13.0 Å². The number of ketones is 1. The van der Waals surface area contributed by atoms with Gasteiger partial charge in [-0.05, 0) is 25.3 Å². The van der Waals surface area contributed by atoms with E-state index >= 15 is 0 Å². The molecule has 0 heterocycles.